The molecule has 0 aliphatic carbocycles. The van der Waals surface area contributed by atoms with Crippen LogP contribution in [0, 0.1) is 0 Å². The van der Waals surface area contributed by atoms with E-state index in [1.807, 2.05) is 51.1 Å². The summed E-state index contributed by atoms with van der Waals surface area (Å²) in [6, 6.07) is 17.9. The molecule has 31 heavy (non-hydrogen) atoms. The quantitative estimate of drug-likeness (QED) is 0.170. The summed E-state index contributed by atoms with van der Waals surface area (Å²) in [7, 11) is -3.38. The fraction of sp³-hybridized carbons (Fsp3) is 0.435. The number of aryl methyl sites for hydroxylation is 1. The Morgan fingerprint density at radius 3 is 2.26 bits per heavy atom. The zero-order valence-corrected chi connectivity index (χ0v) is 21.7. The summed E-state index contributed by atoms with van der Waals surface area (Å²) in [5.41, 5.74) is 3.01. The van der Waals surface area contributed by atoms with E-state index in [1.54, 1.807) is 0 Å². The van der Waals surface area contributed by atoms with Crippen molar-refractivity contribution in [3.8, 4) is 0 Å². The maximum atomic E-state index is 12.3. The maximum Gasteiger partial charge on any atom is 0.216 e. The van der Waals surface area contributed by atoms with Gasteiger partial charge < -0.3 is 10.6 Å². The van der Waals surface area contributed by atoms with Crippen LogP contribution < -0.4 is 15.4 Å². The molecule has 0 heterocycles. The number of rotatable bonds is 11. The zero-order chi connectivity index (χ0) is 21.8. The van der Waals surface area contributed by atoms with E-state index in [4.69, 9.17) is 0 Å². The Balaban J connectivity index is 0.00000480. The normalized spacial score (nSPS) is 11.8. The van der Waals surface area contributed by atoms with Crippen molar-refractivity contribution in [1.29, 1.82) is 0 Å². The predicted octanol–water partition coefficient (Wildman–Crippen LogP) is 3.82. The van der Waals surface area contributed by atoms with E-state index in [1.165, 1.54) is 5.56 Å². The minimum atomic E-state index is -3.38. The van der Waals surface area contributed by atoms with E-state index in [0.29, 0.717) is 6.54 Å². The number of guanidine groups is 1. The molecule has 0 amide bonds. The van der Waals surface area contributed by atoms with Crippen LogP contribution >= 0.6 is 24.0 Å². The molecule has 172 valence electrons. The third-order valence-electron chi connectivity index (χ3n) is 4.41. The van der Waals surface area contributed by atoms with Crippen molar-refractivity contribution in [1.82, 2.24) is 15.4 Å². The third kappa shape index (κ3) is 11.0. The van der Waals surface area contributed by atoms with Crippen molar-refractivity contribution in [3.05, 3.63) is 71.3 Å². The molecular formula is C23H35IN4O2S. The van der Waals surface area contributed by atoms with Crippen LogP contribution in [0.2, 0.25) is 0 Å². The molecule has 2 rings (SSSR count). The van der Waals surface area contributed by atoms with Crippen molar-refractivity contribution >= 4 is 40.0 Å². The number of halogens is 1. The number of aliphatic imine (C=N–C) groups is 1. The number of nitrogens with one attached hydrogen (secondary N) is 3. The van der Waals surface area contributed by atoms with Gasteiger partial charge in [-0.05, 0) is 50.3 Å². The van der Waals surface area contributed by atoms with Crippen molar-refractivity contribution < 1.29 is 8.42 Å². The van der Waals surface area contributed by atoms with Crippen LogP contribution in [0.5, 0.6) is 0 Å². The molecule has 2 aromatic rings. The maximum absolute atomic E-state index is 12.3. The lowest BCUT2D eigenvalue weighted by Crippen LogP contribution is -2.37. The molecule has 8 heteroatoms. The second kappa shape index (κ2) is 14.4. The molecule has 0 saturated heterocycles. The average Bonchev–Trinajstić information content (AvgIpc) is 2.69. The molecule has 0 aromatic heterocycles. The van der Waals surface area contributed by atoms with Gasteiger partial charge in [0, 0.05) is 19.1 Å². The first-order chi connectivity index (χ1) is 14.4. The van der Waals surface area contributed by atoms with Gasteiger partial charge in [-0.1, -0.05) is 54.6 Å². The van der Waals surface area contributed by atoms with E-state index in [0.717, 1.165) is 43.0 Å². The molecule has 0 aliphatic heterocycles. The fourth-order valence-electron chi connectivity index (χ4n) is 3.11. The van der Waals surface area contributed by atoms with Crippen molar-refractivity contribution in [2.45, 2.75) is 52.0 Å². The lowest BCUT2D eigenvalue weighted by Gasteiger charge is -2.14. The molecule has 0 spiro atoms. The average molecular weight is 559 g/mol. The summed E-state index contributed by atoms with van der Waals surface area (Å²) >= 11 is 0. The van der Waals surface area contributed by atoms with Gasteiger partial charge in [0.1, 0.15) is 0 Å². The van der Waals surface area contributed by atoms with Gasteiger partial charge in [0.25, 0.3) is 0 Å². The fourth-order valence-corrected chi connectivity index (χ4v) is 4.60. The van der Waals surface area contributed by atoms with Crippen LogP contribution in [-0.2, 0) is 28.7 Å². The summed E-state index contributed by atoms with van der Waals surface area (Å²) < 4.78 is 27.3. The second-order valence-electron chi connectivity index (χ2n) is 7.51. The van der Waals surface area contributed by atoms with Crippen LogP contribution in [0.1, 0.15) is 43.9 Å². The lowest BCUT2D eigenvalue weighted by molar-refractivity contribution is 0.569. The number of benzene rings is 2. The van der Waals surface area contributed by atoms with Gasteiger partial charge in [0.2, 0.25) is 10.0 Å². The monoisotopic (exact) mass is 558 g/mol. The van der Waals surface area contributed by atoms with Crippen molar-refractivity contribution in [2.24, 2.45) is 4.99 Å². The van der Waals surface area contributed by atoms with Gasteiger partial charge in [0.05, 0.1) is 12.3 Å². The Labute approximate surface area is 204 Å². The van der Waals surface area contributed by atoms with Gasteiger partial charge in [-0.3, -0.25) is 0 Å². The molecule has 0 atom stereocenters. The molecule has 0 aliphatic rings. The minimum Gasteiger partial charge on any atom is -0.357 e. The Morgan fingerprint density at radius 1 is 0.968 bits per heavy atom. The van der Waals surface area contributed by atoms with Gasteiger partial charge >= 0.3 is 0 Å². The predicted molar refractivity (Wildman–Crippen MR) is 140 cm³/mol. The third-order valence-corrected chi connectivity index (χ3v) is 5.93. The molecule has 6 nitrogen and oxygen atoms in total. The zero-order valence-electron chi connectivity index (χ0n) is 18.6. The largest absolute Gasteiger partial charge is 0.357 e. The molecular weight excluding hydrogens is 523 g/mol. The van der Waals surface area contributed by atoms with Gasteiger partial charge in [-0.25, -0.2) is 18.1 Å². The highest BCUT2D eigenvalue weighted by Gasteiger charge is 2.15. The summed E-state index contributed by atoms with van der Waals surface area (Å²) in [6.07, 6.45) is 2.01. The van der Waals surface area contributed by atoms with Crippen LogP contribution in [0.25, 0.3) is 0 Å². The molecule has 0 unspecified atom stereocenters. The number of hydrogen-bond acceptors (Lipinski definition) is 3. The molecule has 2 aromatic carbocycles. The lowest BCUT2D eigenvalue weighted by atomic mass is 10.1. The van der Waals surface area contributed by atoms with Gasteiger partial charge in [-0.15, -0.1) is 24.0 Å². The van der Waals surface area contributed by atoms with E-state index in [9.17, 15) is 8.42 Å². The molecule has 0 fully saturated rings. The molecule has 0 radical (unpaired) electrons. The number of hydrogen-bond donors (Lipinski definition) is 3. The Morgan fingerprint density at radius 2 is 1.61 bits per heavy atom. The highest BCUT2D eigenvalue weighted by atomic mass is 127. The first-order valence-corrected chi connectivity index (χ1v) is 12.2. The Bertz CT molecular complexity index is 903. The van der Waals surface area contributed by atoms with E-state index in [2.05, 4.69) is 44.6 Å². The Hall–Kier alpha value is -1.65. The van der Waals surface area contributed by atoms with E-state index >= 15 is 0 Å². The molecule has 3 N–H and O–H groups in total. The highest BCUT2D eigenvalue weighted by Crippen LogP contribution is 2.13. The number of nitrogens with zero attached hydrogens (tertiary/aromatic N) is 1. The molecule has 0 bridgehead atoms. The van der Waals surface area contributed by atoms with Crippen LogP contribution in [0.15, 0.2) is 59.6 Å². The van der Waals surface area contributed by atoms with Gasteiger partial charge in [-0.2, -0.15) is 0 Å². The smallest absolute Gasteiger partial charge is 0.216 e. The topological polar surface area (TPSA) is 82.6 Å². The SMILES string of the molecule is CCNC(=NCc1ccccc1CS(=O)(=O)NC(C)C)NCCCc1ccccc1.I. The summed E-state index contributed by atoms with van der Waals surface area (Å²) in [6.45, 7) is 7.66. The van der Waals surface area contributed by atoms with Crippen LogP contribution in [0.3, 0.4) is 0 Å². The summed E-state index contributed by atoms with van der Waals surface area (Å²) in [4.78, 5) is 4.66. The molecule has 0 saturated carbocycles. The summed E-state index contributed by atoms with van der Waals surface area (Å²) in [5, 5.41) is 6.62. The van der Waals surface area contributed by atoms with E-state index in [-0.39, 0.29) is 35.8 Å². The van der Waals surface area contributed by atoms with Crippen molar-refractivity contribution in [2.75, 3.05) is 13.1 Å². The first kappa shape index (κ1) is 27.4. The summed E-state index contributed by atoms with van der Waals surface area (Å²) in [5.74, 6) is 0.696. The standard InChI is InChI=1S/C23H34N4O2S.HI/c1-4-24-23(25-16-10-13-20-11-6-5-7-12-20)26-17-21-14-8-9-15-22(21)18-30(28,29)27-19(2)3;/h5-9,11-12,14-15,19,27H,4,10,13,16-18H2,1-3H3,(H2,24,25,26);1H. The first-order valence-electron chi connectivity index (χ1n) is 10.5. The van der Waals surface area contributed by atoms with Gasteiger partial charge in [0.15, 0.2) is 5.96 Å². The Kier molecular flexibility index (Phi) is 12.7. The number of sulfonamides is 1. The minimum absolute atomic E-state index is 0. The van der Waals surface area contributed by atoms with Crippen molar-refractivity contribution in [3.63, 3.8) is 0 Å². The second-order valence-corrected chi connectivity index (χ2v) is 9.27. The van der Waals surface area contributed by atoms with E-state index < -0.39 is 10.0 Å². The highest BCUT2D eigenvalue weighted by molar-refractivity contribution is 14.0. The van der Waals surface area contributed by atoms with Crippen LogP contribution in [-0.4, -0.2) is 33.5 Å². The van der Waals surface area contributed by atoms with Crippen LogP contribution in [0.4, 0.5) is 0 Å².